The van der Waals surface area contributed by atoms with E-state index >= 15 is 0 Å². The molecule has 1 aliphatic heterocycles. The van der Waals surface area contributed by atoms with E-state index in [1.54, 1.807) is 7.05 Å². The molecule has 8 heteroatoms. The second-order valence-corrected chi connectivity index (χ2v) is 8.54. The van der Waals surface area contributed by atoms with Crippen LogP contribution in [-0.4, -0.2) is 72.3 Å². The number of nitrogens with zero attached hydrogens (tertiary/aromatic N) is 3. The highest BCUT2D eigenvalue weighted by molar-refractivity contribution is 6.31. The van der Waals surface area contributed by atoms with E-state index < -0.39 is 5.54 Å². The molecule has 1 heterocycles. The zero-order chi connectivity index (χ0) is 21.2. The first kappa shape index (κ1) is 21.6. The third kappa shape index (κ3) is 4.12. The predicted octanol–water partition coefficient (Wildman–Crippen LogP) is 2.66. The first-order valence-corrected chi connectivity index (χ1v) is 10.4. The lowest BCUT2D eigenvalue weighted by atomic mass is 9.81. The van der Waals surface area contributed by atoms with Crippen LogP contribution >= 0.6 is 11.6 Å². The van der Waals surface area contributed by atoms with Crippen LogP contribution in [0.3, 0.4) is 0 Å². The average Bonchev–Trinajstić information content (AvgIpc) is 2.86. The molecule has 1 unspecified atom stereocenters. The van der Waals surface area contributed by atoms with Gasteiger partial charge in [0.1, 0.15) is 12.1 Å². The lowest BCUT2D eigenvalue weighted by Gasteiger charge is -2.35. The molecule has 1 atom stereocenters. The number of halogens is 1. The normalized spacial score (nSPS) is 19.9. The van der Waals surface area contributed by atoms with Crippen LogP contribution in [0.4, 0.5) is 4.79 Å². The molecule has 1 aliphatic carbocycles. The van der Waals surface area contributed by atoms with Gasteiger partial charge in [0.05, 0.1) is 6.04 Å². The molecule has 4 amide bonds. The topological polar surface area (TPSA) is 73.0 Å². The second-order valence-electron chi connectivity index (χ2n) is 8.13. The Hall–Kier alpha value is -2.12. The Morgan fingerprint density at radius 2 is 1.86 bits per heavy atom. The fourth-order valence-electron chi connectivity index (χ4n) is 4.40. The first-order chi connectivity index (χ1) is 13.8. The number of hydrogen-bond acceptors (Lipinski definition) is 4. The zero-order valence-electron chi connectivity index (χ0n) is 17.3. The smallest absolute Gasteiger partial charge is 0.327 e. The first-order valence-electron chi connectivity index (χ1n) is 10.1. The van der Waals surface area contributed by atoms with Gasteiger partial charge in [-0.2, -0.15) is 0 Å². The summed E-state index contributed by atoms with van der Waals surface area (Å²) in [5.41, 5.74) is 0.146. The molecule has 1 aromatic carbocycles. The van der Waals surface area contributed by atoms with Gasteiger partial charge >= 0.3 is 6.03 Å². The fraction of sp³-hybridized carbons (Fsp3) is 0.571. The van der Waals surface area contributed by atoms with E-state index in [1.807, 2.05) is 43.3 Å². The summed E-state index contributed by atoms with van der Waals surface area (Å²) in [5.74, 6) is -0.595. The number of nitrogens with one attached hydrogen (secondary N) is 1. The Bertz CT molecular complexity index is 792. The minimum Gasteiger partial charge on any atom is -0.353 e. The molecule has 1 aromatic rings. The summed E-state index contributed by atoms with van der Waals surface area (Å²) in [5, 5.41) is 3.49. The minimum absolute atomic E-state index is 0.120. The molecule has 1 N–H and O–H groups in total. The van der Waals surface area contributed by atoms with Crippen molar-refractivity contribution in [2.75, 3.05) is 34.2 Å². The van der Waals surface area contributed by atoms with Crippen LogP contribution in [0.15, 0.2) is 24.3 Å². The Balaban J connectivity index is 1.65. The maximum Gasteiger partial charge on any atom is 0.327 e. The van der Waals surface area contributed by atoms with Crippen molar-refractivity contribution < 1.29 is 14.4 Å². The summed E-state index contributed by atoms with van der Waals surface area (Å²) in [6.07, 6.45) is 4.26. The summed E-state index contributed by atoms with van der Waals surface area (Å²) in [4.78, 5) is 42.9. The number of amides is 4. The predicted molar refractivity (Wildman–Crippen MR) is 112 cm³/mol. The van der Waals surface area contributed by atoms with Crippen LogP contribution in [0.1, 0.15) is 43.7 Å². The quantitative estimate of drug-likeness (QED) is 0.718. The van der Waals surface area contributed by atoms with Gasteiger partial charge in [-0.15, -0.1) is 0 Å². The number of hydrogen-bond donors (Lipinski definition) is 1. The number of carbonyl (C=O) groups excluding carboxylic acids is 3. The van der Waals surface area contributed by atoms with E-state index in [9.17, 15) is 14.4 Å². The van der Waals surface area contributed by atoms with Crippen LogP contribution in [0.2, 0.25) is 5.02 Å². The number of benzene rings is 1. The highest BCUT2D eigenvalue weighted by Gasteiger charge is 2.55. The summed E-state index contributed by atoms with van der Waals surface area (Å²) >= 11 is 6.31. The standard InChI is InChI=1S/C21H29ClN4O3/c1-24(2)17(15-9-5-6-10-16(15)22)13-23-18(27)14-26-19(28)21(25(3)20(26)29)11-7-4-8-12-21/h5-6,9-10,17H,4,7-8,11-14H2,1-3H3,(H,23,27). The molecule has 29 heavy (non-hydrogen) atoms. The summed E-state index contributed by atoms with van der Waals surface area (Å²) in [7, 11) is 5.49. The molecular weight excluding hydrogens is 392 g/mol. The van der Waals surface area contributed by atoms with Crippen LogP contribution in [0, 0.1) is 0 Å². The van der Waals surface area contributed by atoms with Crippen molar-refractivity contribution in [3.05, 3.63) is 34.9 Å². The number of likely N-dealkylation sites (N-methyl/N-ethyl adjacent to an activating group) is 2. The Kier molecular flexibility index (Phi) is 6.49. The van der Waals surface area contributed by atoms with Gasteiger partial charge in [-0.25, -0.2) is 4.79 Å². The van der Waals surface area contributed by atoms with Crippen LogP contribution in [0.5, 0.6) is 0 Å². The van der Waals surface area contributed by atoms with Gasteiger partial charge in [0, 0.05) is 18.6 Å². The second kappa shape index (κ2) is 8.71. The third-order valence-electron chi connectivity index (χ3n) is 6.17. The van der Waals surface area contributed by atoms with Gasteiger partial charge in [0.15, 0.2) is 0 Å². The number of imide groups is 1. The molecule has 158 valence electrons. The molecule has 1 spiro atoms. The summed E-state index contributed by atoms with van der Waals surface area (Å²) in [6, 6.07) is 7.00. The van der Waals surface area contributed by atoms with Gasteiger partial charge in [0.2, 0.25) is 5.91 Å². The van der Waals surface area contributed by atoms with E-state index in [2.05, 4.69) is 5.32 Å². The Morgan fingerprint density at radius 1 is 1.21 bits per heavy atom. The lowest BCUT2D eigenvalue weighted by molar-refractivity contribution is -0.137. The Morgan fingerprint density at radius 3 is 2.48 bits per heavy atom. The van der Waals surface area contributed by atoms with E-state index in [0.717, 1.165) is 29.7 Å². The van der Waals surface area contributed by atoms with Crippen molar-refractivity contribution in [3.8, 4) is 0 Å². The number of carbonyl (C=O) groups is 3. The van der Waals surface area contributed by atoms with E-state index in [4.69, 9.17) is 11.6 Å². The largest absolute Gasteiger partial charge is 0.353 e. The van der Waals surface area contributed by atoms with Crippen molar-refractivity contribution in [3.63, 3.8) is 0 Å². The molecule has 0 radical (unpaired) electrons. The molecule has 2 aliphatic rings. The monoisotopic (exact) mass is 420 g/mol. The maximum absolute atomic E-state index is 13.0. The Labute approximate surface area is 177 Å². The van der Waals surface area contributed by atoms with Gasteiger partial charge in [0.25, 0.3) is 5.91 Å². The van der Waals surface area contributed by atoms with E-state index in [-0.39, 0.29) is 30.4 Å². The minimum atomic E-state index is -0.765. The molecule has 3 rings (SSSR count). The van der Waals surface area contributed by atoms with Crippen molar-refractivity contribution >= 4 is 29.4 Å². The molecule has 0 aromatic heterocycles. The van der Waals surface area contributed by atoms with Gasteiger partial charge < -0.3 is 15.1 Å². The number of urea groups is 1. The number of rotatable bonds is 6. The zero-order valence-corrected chi connectivity index (χ0v) is 18.0. The molecule has 2 fully saturated rings. The molecule has 1 saturated heterocycles. The van der Waals surface area contributed by atoms with Gasteiger partial charge in [-0.1, -0.05) is 49.1 Å². The molecular formula is C21H29ClN4O3. The van der Waals surface area contributed by atoms with Crippen molar-refractivity contribution in [2.45, 2.75) is 43.7 Å². The van der Waals surface area contributed by atoms with Gasteiger partial charge in [-0.3, -0.25) is 14.5 Å². The lowest BCUT2D eigenvalue weighted by Crippen LogP contribution is -2.49. The fourth-order valence-corrected chi connectivity index (χ4v) is 4.66. The van der Waals surface area contributed by atoms with Crippen molar-refractivity contribution in [2.24, 2.45) is 0 Å². The average molecular weight is 421 g/mol. The van der Waals surface area contributed by atoms with Gasteiger partial charge in [-0.05, 0) is 38.6 Å². The van der Waals surface area contributed by atoms with Crippen LogP contribution in [-0.2, 0) is 9.59 Å². The summed E-state index contributed by atoms with van der Waals surface area (Å²) in [6.45, 7) is 0.0686. The third-order valence-corrected chi connectivity index (χ3v) is 6.51. The molecule has 1 saturated carbocycles. The van der Waals surface area contributed by atoms with E-state index in [1.165, 1.54) is 4.90 Å². The summed E-state index contributed by atoms with van der Waals surface area (Å²) < 4.78 is 0. The molecule has 0 bridgehead atoms. The highest BCUT2D eigenvalue weighted by atomic mass is 35.5. The van der Waals surface area contributed by atoms with Crippen LogP contribution < -0.4 is 5.32 Å². The molecule has 7 nitrogen and oxygen atoms in total. The maximum atomic E-state index is 13.0. The van der Waals surface area contributed by atoms with Crippen molar-refractivity contribution in [1.29, 1.82) is 0 Å². The SMILES string of the molecule is CN(C)C(CNC(=O)CN1C(=O)N(C)C2(CCCCC2)C1=O)c1ccccc1Cl. The van der Waals surface area contributed by atoms with Crippen LogP contribution in [0.25, 0.3) is 0 Å². The highest BCUT2D eigenvalue weighted by Crippen LogP contribution is 2.39. The van der Waals surface area contributed by atoms with E-state index in [0.29, 0.717) is 24.4 Å². The van der Waals surface area contributed by atoms with Crippen molar-refractivity contribution in [1.82, 2.24) is 20.0 Å².